The summed E-state index contributed by atoms with van der Waals surface area (Å²) in [6.07, 6.45) is 2.98. The number of unbranched alkanes of at least 4 members (excludes halogenated alkanes) is 1. The molecule has 402 valence electrons. The molecule has 2 saturated carbocycles. The van der Waals surface area contributed by atoms with Gasteiger partial charge in [0.25, 0.3) is 5.91 Å². The number of Topliss-reactive ketones (excluding diaryl/α,β-unsaturated/α-hetero) is 1. The highest BCUT2D eigenvalue weighted by Gasteiger charge is 2.63. The number of amides is 7. The van der Waals surface area contributed by atoms with Crippen LogP contribution in [0.4, 0.5) is 0 Å². The lowest BCUT2D eigenvalue weighted by molar-refractivity contribution is -0.140. The van der Waals surface area contributed by atoms with Crippen LogP contribution < -0.4 is 37.6 Å². The number of fused-ring (bicyclic) bond motifs is 2. The molecule has 2 aromatic rings. The molecule has 0 saturated heterocycles. The SMILES string of the molecule is CCCCC(NC(=O)[C@H](CC(C)C)NC(=O)[C@@H](NC(=O)[C@H](Cc1ccccc1C)NC(=O)[C@H](CCC(=O)O)NC(=O)[C@H](COCc1ccccc1)NC(=O)C1CC2CCC1(C)C2(C)C)C(C)(C)C)C(=O)C(N)=O. The fourth-order valence-corrected chi connectivity index (χ4v) is 10.3. The Bertz CT molecular complexity index is 2300. The zero-order valence-corrected chi connectivity index (χ0v) is 44.5. The first kappa shape index (κ1) is 59.4. The number of nitrogens with one attached hydrogen (secondary N) is 6. The first-order chi connectivity index (χ1) is 34.2. The van der Waals surface area contributed by atoms with E-state index in [1.165, 1.54) is 0 Å². The zero-order valence-electron chi connectivity index (χ0n) is 44.5. The van der Waals surface area contributed by atoms with Crippen molar-refractivity contribution in [3.63, 3.8) is 0 Å². The van der Waals surface area contributed by atoms with Crippen LogP contribution in [0.2, 0.25) is 0 Å². The monoisotopic (exact) mass is 1020 g/mol. The van der Waals surface area contributed by atoms with Crippen LogP contribution in [0.5, 0.6) is 0 Å². The van der Waals surface area contributed by atoms with Crippen molar-refractivity contribution in [1.82, 2.24) is 31.9 Å². The molecule has 0 radical (unpaired) electrons. The molecule has 2 aliphatic rings. The minimum absolute atomic E-state index is 0.0861. The van der Waals surface area contributed by atoms with Gasteiger partial charge >= 0.3 is 5.97 Å². The van der Waals surface area contributed by atoms with Crippen molar-refractivity contribution < 1.29 is 53.0 Å². The summed E-state index contributed by atoms with van der Waals surface area (Å²) in [6, 6.07) is 8.50. The van der Waals surface area contributed by atoms with Gasteiger partial charge in [0.2, 0.25) is 41.2 Å². The molecule has 9 atom stereocenters. The van der Waals surface area contributed by atoms with E-state index in [-0.39, 0.29) is 67.5 Å². The first-order valence-electron chi connectivity index (χ1n) is 25.7. The van der Waals surface area contributed by atoms with Crippen LogP contribution in [-0.2, 0) is 60.9 Å². The number of ketones is 1. The number of aryl methyl sites for hydroxylation is 1. The van der Waals surface area contributed by atoms with E-state index in [0.717, 1.165) is 24.0 Å². The molecule has 2 fully saturated rings. The van der Waals surface area contributed by atoms with E-state index in [2.05, 4.69) is 52.7 Å². The standard InChI is InChI=1S/C55H81N7O11/c1-11-12-22-38(44(65)46(56)66)57-49(69)40(27-32(2)3)60-52(72)45(53(5,6)7)62-50(70)41(28-35-21-17-16-18-33(35)4)59-48(68)39(23-24-43(63)64)58-51(71)42(31-73-30-34-19-14-13-15-20-34)61-47(67)37-29-36-25-26-55(37,10)54(36,8)9/h13-21,32,36-42,45H,11-12,22-31H2,1-10H3,(H2,56,66)(H,57,69)(H,58,71)(H,59,68)(H,60,72)(H,61,67)(H,62,70)(H,63,64)/t36?,37?,38?,39-,40-,41-,42-,45+,55?/m0/s1. The zero-order chi connectivity index (χ0) is 54.4. The van der Waals surface area contributed by atoms with Gasteiger partial charge in [-0.1, -0.05) is 130 Å². The van der Waals surface area contributed by atoms with Crippen molar-refractivity contribution in [3.05, 3.63) is 71.3 Å². The molecule has 0 aromatic heterocycles. The molecule has 4 unspecified atom stereocenters. The quantitative estimate of drug-likeness (QED) is 0.0556. The maximum Gasteiger partial charge on any atom is 0.303 e. The fraction of sp³-hybridized carbons (Fsp3) is 0.618. The van der Waals surface area contributed by atoms with Crippen molar-refractivity contribution in [3.8, 4) is 0 Å². The highest BCUT2D eigenvalue weighted by Crippen LogP contribution is 2.68. The maximum atomic E-state index is 14.7. The summed E-state index contributed by atoms with van der Waals surface area (Å²) in [6.45, 7) is 18.8. The molecule has 2 bridgehead atoms. The van der Waals surface area contributed by atoms with Gasteiger partial charge in [0.15, 0.2) is 0 Å². The van der Waals surface area contributed by atoms with Crippen LogP contribution in [0.15, 0.2) is 54.6 Å². The number of rotatable bonds is 28. The number of carbonyl (C=O) groups is 9. The second-order valence-electron chi connectivity index (χ2n) is 22.3. The topological polar surface area (TPSA) is 281 Å². The molecule has 0 aliphatic heterocycles. The van der Waals surface area contributed by atoms with Crippen molar-refractivity contribution in [2.45, 2.75) is 176 Å². The van der Waals surface area contributed by atoms with Crippen molar-refractivity contribution in [1.29, 1.82) is 0 Å². The Balaban J connectivity index is 1.62. The van der Waals surface area contributed by atoms with Crippen LogP contribution in [0.25, 0.3) is 0 Å². The number of nitrogens with two attached hydrogens (primary N) is 1. The van der Waals surface area contributed by atoms with Crippen LogP contribution in [-0.4, -0.2) is 101 Å². The number of carbonyl (C=O) groups excluding carboxylic acids is 8. The summed E-state index contributed by atoms with van der Waals surface area (Å²) >= 11 is 0. The van der Waals surface area contributed by atoms with Gasteiger partial charge in [0.05, 0.1) is 19.3 Å². The lowest BCUT2D eigenvalue weighted by Crippen LogP contribution is -2.62. The minimum atomic E-state index is -1.51. The molecular weight excluding hydrogens is 935 g/mol. The fourth-order valence-electron chi connectivity index (χ4n) is 10.3. The number of aliphatic carboxylic acids is 1. The van der Waals surface area contributed by atoms with E-state index in [0.29, 0.717) is 30.7 Å². The summed E-state index contributed by atoms with van der Waals surface area (Å²) in [5.74, 6) is -7.85. The lowest BCUT2D eigenvalue weighted by atomic mass is 9.66. The van der Waals surface area contributed by atoms with Crippen LogP contribution in [0, 0.1) is 40.9 Å². The second-order valence-corrected chi connectivity index (χ2v) is 22.3. The van der Waals surface area contributed by atoms with E-state index in [9.17, 15) is 48.3 Å². The molecule has 0 heterocycles. The van der Waals surface area contributed by atoms with Crippen molar-refractivity contribution >= 4 is 53.1 Å². The number of benzene rings is 2. The van der Waals surface area contributed by atoms with Crippen LogP contribution in [0.1, 0.15) is 137 Å². The predicted molar refractivity (Wildman–Crippen MR) is 275 cm³/mol. The Morgan fingerprint density at radius 3 is 1.88 bits per heavy atom. The molecule has 2 aromatic carbocycles. The van der Waals surface area contributed by atoms with Crippen LogP contribution in [0.3, 0.4) is 0 Å². The van der Waals surface area contributed by atoms with Gasteiger partial charge in [-0.2, -0.15) is 0 Å². The summed E-state index contributed by atoms with van der Waals surface area (Å²) in [4.78, 5) is 122. The van der Waals surface area contributed by atoms with E-state index in [1.54, 1.807) is 39.0 Å². The number of hydrogen-bond donors (Lipinski definition) is 8. The third-order valence-corrected chi connectivity index (χ3v) is 15.2. The third-order valence-electron chi connectivity index (χ3n) is 15.2. The molecule has 4 rings (SSSR count). The Hall–Kier alpha value is -6.17. The van der Waals surface area contributed by atoms with Gasteiger partial charge in [-0.15, -0.1) is 0 Å². The van der Waals surface area contributed by atoms with Gasteiger partial charge in [0, 0.05) is 18.8 Å². The van der Waals surface area contributed by atoms with Gasteiger partial charge in [-0.3, -0.25) is 43.2 Å². The summed E-state index contributed by atoms with van der Waals surface area (Å²) in [5, 5.41) is 26.3. The van der Waals surface area contributed by atoms with E-state index in [4.69, 9.17) is 10.5 Å². The Morgan fingerprint density at radius 1 is 0.740 bits per heavy atom. The molecule has 0 spiro atoms. The maximum absolute atomic E-state index is 14.7. The van der Waals surface area contributed by atoms with Gasteiger partial charge < -0.3 is 47.5 Å². The minimum Gasteiger partial charge on any atom is -0.481 e. The number of ether oxygens (including phenoxy) is 1. The number of carboxylic acids is 1. The molecule has 7 amide bonds. The highest BCUT2D eigenvalue weighted by molar-refractivity contribution is 6.37. The van der Waals surface area contributed by atoms with Crippen molar-refractivity contribution in [2.75, 3.05) is 6.61 Å². The average molecular weight is 1020 g/mol. The van der Waals surface area contributed by atoms with Gasteiger partial charge in [-0.25, -0.2) is 0 Å². The average Bonchev–Trinajstić information content (AvgIpc) is 3.66. The Morgan fingerprint density at radius 2 is 1.32 bits per heavy atom. The van der Waals surface area contributed by atoms with Crippen molar-refractivity contribution in [2.24, 2.45) is 39.7 Å². The molecule has 9 N–H and O–H groups in total. The molecule has 73 heavy (non-hydrogen) atoms. The van der Waals surface area contributed by atoms with E-state index in [1.807, 2.05) is 64.1 Å². The van der Waals surface area contributed by atoms with E-state index >= 15 is 0 Å². The number of hydrogen-bond acceptors (Lipinski definition) is 10. The summed E-state index contributed by atoms with van der Waals surface area (Å²) < 4.78 is 5.99. The Labute approximate surface area is 430 Å². The first-order valence-corrected chi connectivity index (χ1v) is 25.7. The predicted octanol–water partition coefficient (Wildman–Crippen LogP) is 4.33. The smallest absolute Gasteiger partial charge is 0.303 e. The summed E-state index contributed by atoms with van der Waals surface area (Å²) in [5.41, 5.74) is 6.16. The second kappa shape index (κ2) is 26.2. The summed E-state index contributed by atoms with van der Waals surface area (Å²) in [7, 11) is 0. The highest BCUT2D eigenvalue weighted by atomic mass is 16.5. The van der Waals surface area contributed by atoms with E-state index < -0.39 is 95.3 Å². The number of primary amides is 1. The van der Waals surface area contributed by atoms with Crippen LogP contribution >= 0.6 is 0 Å². The normalized spacial score (nSPS) is 20.3. The molecular formula is C55H81N7O11. The largest absolute Gasteiger partial charge is 0.481 e. The number of carboxylic acid groups (broad SMARTS) is 1. The third kappa shape index (κ3) is 16.2. The molecule has 2 aliphatic carbocycles. The lowest BCUT2D eigenvalue weighted by Gasteiger charge is -2.39. The molecule has 18 heteroatoms. The van der Waals surface area contributed by atoms with Gasteiger partial charge in [-0.05, 0) is 90.2 Å². The Kier molecular flexibility index (Phi) is 21.3. The van der Waals surface area contributed by atoms with Gasteiger partial charge in [0.1, 0.15) is 30.2 Å². The molecule has 18 nitrogen and oxygen atoms in total.